The molecule has 2 aromatic rings. The maximum Gasteiger partial charge on any atom is 0.417 e. The first-order chi connectivity index (χ1) is 11.9. The number of alkyl halides is 3. The molecule has 4 nitrogen and oxygen atoms in total. The Hall–Kier alpha value is -1.48. The molecule has 0 radical (unpaired) electrons. The minimum atomic E-state index is -4.86. The highest BCUT2D eigenvalue weighted by Gasteiger charge is 2.36. The molecule has 2 aromatic carbocycles. The van der Waals surface area contributed by atoms with Gasteiger partial charge in [0, 0.05) is 21.8 Å². The zero-order chi connectivity index (χ0) is 19.7. The van der Waals surface area contributed by atoms with Gasteiger partial charge in [0.15, 0.2) is 0 Å². The van der Waals surface area contributed by atoms with Gasteiger partial charge in [-0.2, -0.15) is 13.2 Å². The molecule has 0 fully saturated rings. The number of rotatable bonds is 5. The van der Waals surface area contributed by atoms with Gasteiger partial charge in [0.25, 0.3) is 0 Å². The number of sulfonamides is 1. The van der Waals surface area contributed by atoms with Crippen molar-refractivity contribution in [2.75, 3.05) is 5.32 Å². The van der Waals surface area contributed by atoms with Gasteiger partial charge in [-0.05, 0) is 49.2 Å². The molecule has 0 heterocycles. The lowest BCUT2D eigenvalue weighted by molar-refractivity contribution is -0.139. The zero-order valence-electron chi connectivity index (χ0n) is 13.4. The summed E-state index contributed by atoms with van der Waals surface area (Å²) >= 11 is 11.9. The molecule has 0 spiro atoms. The Morgan fingerprint density at radius 2 is 1.81 bits per heavy atom. The SMILES string of the molecule is CC(Cc1ccc(Cl)cc1Cl)Nc1ccc(S(N)(=O)=O)c(C(F)(F)F)c1. The van der Waals surface area contributed by atoms with Gasteiger partial charge in [-0.25, -0.2) is 13.6 Å². The Morgan fingerprint density at radius 1 is 1.15 bits per heavy atom. The minimum Gasteiger partial charge on any atom is -0.382 e. The van der Waals surface area contributed by atoms with Crippen LogP contribution in [-0.4, -0.2) is 14.5 Å². The lowest BCUT2D eigenvalue weighted by atomic mass is 10.1. The monoisotopic (exact) mass is 426 g/mol. The molecule has 3 N–H and O–H groups in total. The number of hydrogen-bond acceptors (Lipinski definition) is 3. The maximum atomic E-state index is 13.2. The number of halogens is 5. The van der Waals surface area contributed by atoms with Crippen LogP contribution in [0.5, 0.6) is 0 Å². The van der Waals surface area contributed by atoms with Crippen molar-refractivity contribution in [2.24, 2.45) is 5.14 Å². The van der Waals surface area contributed by atoms with Gasteiger partial charge in [-0.15, -0.1) is 0 Å². The van der Waals surface area contributed by atoms with E-state index in [0.29, 0.717) is 16.5 Å². The second kappa shape index (κ2) is 7.64. The van der Waals surface area contributed by atoms with E-state index < -0.39 is 26.7 Å². The normalized spacial score (nSPS) is 13.5. The number of benzene rings is 2. The summed E-state index contributed by atoms with van der Waals surface area (Å²) in [6, 6.07) is 7.48. The topological polar surface area (TPSA) is 72.2 Å². The Balaban J connectivity index is 2.26. The van der Waals surface area contributed by atoms with Gasteiger partial charge in [-0.1, -0.05) is 29.3 Å². The van der Waals surface area contributed by atoms with Gasteiger partial charge in [0.2, 0.25) is 10.0 Å². The molecule has 0 amide bonds. The Labute approximate surface area is 159 Å². The summed E-state index contributed by atoms with van der Waals surface area (Å²) in [4.78, 5) is -0.969. The summed E-state index contributed by atoms with van der Waals surface area (Å²) in [6.45, 7) is 1.76. The van der Waals surface area contributed by atoms with Crippen molar-refractivity contribution >= 4 is 38.9 Å². The van der Waals surface area contributed by atoms with E-state index in [1.54, 1.807) is 25.1 Å². The van der Waals surface area contributed by atoms with Gasteiger partial charge < -0.3 is 5.32 Å². The van der Waals surface area contributed by atoms with Crippen LogP contribution in [0.4, 0.5) is 18.9 Å². The summed E-state index contributed by atoms with van der Waals surface area (Å²) in [6.07, 6.45) is -4.43. The van der Waals surface area contributed by atoms with E-state index in [9.17, 15) is 21.6 Å². The highest BCUT2D eigenvalue weighted by molar-refractivity contribution is 7.89. The summed E-state index contributed by atoms with van der Waals surface area (Å²) < 4.78 is 62.2. The van der Waals surface area contributed by atoms with Gasteiger partial charge in [0.1, 0.15) is 0 Å². The minimum absolute atomic E-state index is 0.113. The molecule has 142 valence electrons. The first kappa shape index (κ1) is 20.8. The molecule has 0 saturated carbocycles. The van der Waals surface area contributed by atoms with Crippen LogP contribution in [0, 0.1) is 0 Å². The fourth-order valence-corrected chi connectivity index (χ4v) is 3.67. The van der Waals surface area contributed by atoms with Gasteiger partial charge in [-0.3, -0.25) is 0 Å². The Bertz CT molecular complexity index is 918. The molecule has 0 bridgehead atoms. The fourth-order valence-electron chi connectivity index (χ4n) is 2.44. The molecule has 1 atom stereocenters. The van der Waals surface area contributed by atoms with Crippen LogP contribution in [0.1, 0.15) is 18.1 Å². The molecule has 26 heavy (non-hydrogen) atoms. The molecule has 0 aromatic heterocycles. The highest BCUT2D eigenvalue weighted by Crippen LogP contribution is 2.35. The summed E-state index contributed by atoms with van der Waals surface area (Å²) in [5.74, 6) is 0. The second-order valence-corrected chi connectivity index (χ2v) is 8.11. The van der Waals surface area contributed by atoms with E-state index in [1.807, 2.05) is 0 Å². The van der Waals surface area contributed by atoms with E-state index in [-0.39, 0.29) is 11.7 Å². The Kier molecular flexibility index (Phi) is 6.12. The lowest BCUT2D eigenvalue weighted by Gasteiger charge is -2.19. The lowest BCUT2D eigenvalue weighted by Crippen LogP contribution is -2.21. The summed E-state index contributed by atoms with van der Waals surface area (Å²) in [5, 5.41) is 8.69. The van der Waals surface area contributed by atoms with Crippen molar-refractivity contribution in [3.05, 3.63) is 57.6 Å². The Morgan fingerprint density at radius 3 is 2.35 bits per heavy atom. The van der Waals surface area contributed by atoms with E-state index in [2.05, 4.69) is 5.32 Å². The average Bonchev–Trinajstić information content (AvgIpc) is 2.48. The van der Waals surface area contributed by atoms with E-state index in [0.717, 1.165) is 17.7 Å². The van der Waals surface area contributed by atoms with Gasteiger partial charge in [0.05, 0.1) is 10.5 Å². The van der Waals surface area contributed by atoms with E-state index in [4.69, 9.17) is 28.3 Å². The fraction of sp³-hybridized carbons (Fsp3) is 0.250. The first-order valence-electron chi connectivity index (χ1n) is 7.32. The second-order valence-electron chi connectivity index (χ2n) is 5.74. The van der Waals surface area contributed by atoms with Crippen LogP contribution in [-0.2, 0) is 22.6 Å². The molecule has 0 aliphatic heterocycles. The van der Waals surface area contributed by atoms with Crippen LogP contribution < -0.4 is 10.5 Å². The largest absolute Gasteiger partial charge is 0.417 e. The molecular weight excluding hydrogens is 412 g/mol. The van der Waals surface area contributed by atoms with Crippen LogP contribution in [0.25, 0.3) is 0 Å². The third kappa shape index (κ3) is 5.26. The quantitative estimate of drug-likeness (QED) is 0.727. The van der Waals surface area contributed by atoms with Crippen LogP contribution >= 0.6 is 23.2 Å². The van der Waals surface area contributed by atoms with Crippen molar-refractivity contribution < 1.29 is 21.6 Å². The van der Waals surface area contributed by atoms with Crippen molar-refractivity contribution in [1.82, 2.24) is 0 Å². The predicted molar refractivity (Wildman–Crippen MR) is 96.1 cm³/mol. The summed E-state index contributed by atoms with van der Waals surface area (Å²) in [5.41, 5.74) is -0.433. The standard InChI is InChI=1S/C16H15Cl2F3N2O2S/c1-9(6-10-2-3-11(17)7-14(10)18)23-12-4-5-15(26(22,24)25)13(8-12)16(19,20)21/h2-5,7-9,23H,6H2,1H3,(H2,22,24,25). The molecule has 0 aliphatic carbocycles. The third-order valence-electron chi connectivity index (χ3n) is 3.55. The van der Waals surface area contributed by atoms with E-state index in [1.165, 1.54) is 6.07 Å². The predicted octanol–water partition coefficient (Wildman–Crippen LogP) is 4.70. The molecule has 0 aliphatic rings. The third-order valence-corrected chi connectivity index (χ3v) is 5.10. The van der Waals surface area contributed by atoms with Crippen LogP contribution in [0.2, 0.25) is 10.0 Å². The molecule has 10 heteroatoms. The molecular formula is C16H15Cl2F3N2O2S. The van der Waals surface area contributed by atoms with Crippen molar-refractivity contribution in [3.8, 4) is 0 Å². The van der Waals surface area contributed by atoms with Gasteiger partial charge >= 0.3 is 6.18 Å². The number of anilines is 1. The maximum absolute atomic E-state index is 13.2. The smallest absolute Gasteiger partial charge is 0.382 e. The van der Waals surface area contributed by atoms with Crippen molar-refractivity contribution in [1.29, 1.82) is 0 Å². The van der Waals surface area contributed by atoms with Crippen molar-refractivity contribution in [3.63, 3.8) is 0 Å². The number of primary sulfonamides is 1. The van der Waals surface area contributed by atoms with Crippen molar-refractivity contribution in [2.45, 2.75) is 30.5 Å². The number of nitrogens with two attached hydrogens (primary N) is 1. The van der Waals surface area contributed by atoms with Crippen LogP contribution in [0.15, 0.2) is 41.3 Å². The average molecular weight is 427 g/mol. The number of hydrogen-bond donors (Lipinski definition) is 2. The zero-order valence-corrected chi connectivity index (χ0v) is 15.8. The van der Waals surface area contributed by atoms with E-state index >= 15 is 0 Å². The molecule has 0 saturated heterocycles. The number of nitrogens with one attached hydrogen (secondary N) is 1. The highest BCUT2D eigenvalue weighted by atomic mass is 35.5. The molecule has 1 unspecified atom stereocenters. The first-order valence-corrected chi connectivity index (χ1v) is 9.62. The van der Waals surface area contributed by atoms with Crippen LogP contribution in [0.3, 0.4) is 0 Å². The molecule has 2 rings (SSSR count). The summed E-state index contributed by atoms with van der Waals surface area (Å²) in [7, 11) is -4.50.